The first-order valence-electron chi connectivity index (χ1n) is 11.0. The number of rotatable bonds is 6. The van der Waals surface area contributed by atoms with Crippen molar-refractivity contribution in [1.29, 1.82) is 0 Å². The molecule has 7 nitrogen and oxygen atoms in total. The molecule has 0 fully saturated rings. The summed E-state index contributed by atoms with van der Waals surface area (Å²) in [6.45, 7) is 5.27. The van der Waals surface area contributed by atoms with Crippen LogP contribution in [0.15, 0.2) is 57.6 Å². The number of aliphatic hydroxyl groups is 1. The number of carbonyl (C=O) groups is 4. The van der Waals surface area contributed by atoms with Crippen molar-refractivity contribution >= 4 is 23.3 Å². The van der Waals surface area contributed by atoms with Gasteiger partial charge in [0.2, 0.25) is 5.78 Å². The van der Waals surface area contributed by atoms with Crippen molar-refractivity contribution in [1.82, 2.24) is 0 Å². The van der Waals surface area contributed by atoms with Crippen molar-refractivity contribution in [3.05, 3.63) is 57.6 Å². The minimum absolute atomic E-state index is 0.00387. The fraction of sp³-hybridized carbons (Fsp3) is 0.440. The average molecular weight is 438 g/mol. The van der Waals surface area contributed by atoms with E-state index in [4.69, 9.17) is 9.47 Å². The summed E-state index contributed by atoms with van der Waals surface area (Å²) < 4.78 is 11.2. The van der Waals surface area contributed by atoms with Gasteiger partial charge in [0.05, 0.1) is 17.9 Å². The second-order valence-corrected chi connectivity index (χ2v) is 8.82. The lowest BCUT2D eigenvalue weighted by atomic mass is 9.75. The van der Waals surface area contributed by atoms with Gasteiger partial charge in [0.25, 0.3) is 0 Å². The lowest BCUT2D eigenvalue weighted by molar-refractivity contribution is -0.152. The minimum atomic E-state index is -1.57. The van der Waals surface area contributed by atoms with E-state index in [0.717, 1.165) is 12.8 Å². The normalized spacial score (nSPS) is 27.3. The molecule has 168 valence electrons. The van der Waals surface area contributed by atoms with E-state index in [1.165, 1.54) is 19.3 Å². The maximum atomic E-state index is 13.0. The number of fused-ring (bicyclic) bond motifs is 3. The van der Waals surface area contributed by atoms with Crippen LogP contribution in [0.1, 0.15) is 59.3 Å². The number of ketones is 3. The Morgan fingerprint density at radius 3 is 2.62 bits per heavy atom. The molecular formula is C25H26O7. The molecule has 0 amide bonds. The standard InChI is InChI=1S/C25H26O7/c1-4-5-6-7-17(27)22-23-16-12-31-19(21-13(2)8-15(26)11-18(21)28)9-14(16)10-20(29)25(23,3)32-24(22)30/h9-10,12,15,26H,4-8,11H2,1-3H3. The van der Waals surface area contributed by atoms with Crippen LogP contribution in [0.5, 0.6) is 0 Å². The highest BCUT2D eigenvalue weighted by atomic mass is 16.6. The molecule has 0 bridgehead atoms. The number of hydrogen-bond donors (Lipinski definition) is 1. The highest BCUT2D eigenvalue weighted by Crippen LogP contribution is 2.47. The Bertz CT molecular complexity index is 1100. The van der Waals surface area contributed by atoms with E-state index < -0.39 is 23.5 Å². The van der Waals surface area contributed by atoms with Crippen LogP contribution in [-0.4, -0.2) is 40.1 Å². The van der Waals surface area contributed by atoms with E-state index in [2.05, 4.69) is 0 Å². The Hall–Kier alpha value is -3.06. The van der Waals surface area contributed by atoms with E-state index in [1.807, 2.05) is 6.92 Å². The Morgan fingerprint density at radius 1 is 1.19 bits per heavy atom. The predicted octanol–water partition coefficient (Wildman–Crippen LogP) is 3.10. The zero-order valence-electron chi connectivity index (χ0n) is 18.4. The monoisotopic (exact) mass is 438 g/mol. The van der Waals surface area contributed by atoms with Gasteiger partial charge in [-0.1, -0.05) is 25.3 Å². The lowest BCUT2D eigenvalue weighted by Crippen LogP contribution is -2.40. The molecule has 7 heteroatoms. The molecular weight excluding hydrogens is 412 g/mol. The van der Waals surface area contributed by atoms with Crippen LogP contribution in [0.4, 0.5) is 0 Å². The van der Waals surface area contributed by atoms with E-state index in [9.17, 15) is 24.3 Å². The Labute approximate surface area is 186 Å². The summed E-state index contributed by atoms with van der Waals surface area (Å²) in [5, 5.41) is 9.84. The SMILES string of the molecule is CCCCCC(=O)C1=C2C3=COC(C4=C(C)CC(O)CC4=O)=CC3=CC(=O)C2(C)OC1=O. The van der Waals surface area contributed by atoms with Crippen LogP contribution in [0.25, 0.3) is 0 Å². The number of carbonyl (C=O) groups excluding carboxylic acids is 4. The van der Waals surface area contributed by atoms with Gasteiger partial charge in [-0.3, -0.25) is 14.4 Å². The first kappa shape index (κ1) is 22.1. The van der Waals surface area contributed by atoms with Crippen molar-refractivity contribution in [3.8, 4) is 0 Å². The van der Waals surface area contributed by atoms with Crippen LogP contribution < -0.4 is 0 Å². The van der Waals surface area contributed by atoms with Gasteiger partial charge >= 0.3 is 5.97 Å². The number of ether oxygens (including phenoxy) is 2. The smallest absolute Gasteiger partial charge is 0.343 e. The molecule has 2 heterocycles. The average Bonchev–Trinajstić information content (AvgIpc) is 2.99. The molecule has 0 aromatic carbocycles. The van der Waals surface area contributed by atoms with E-state index in [-0.39, 0.29) is 41.3 Å². The largest absolute Gasteiger partial charge is 0.464 e. The minimum Gasteiger partial charge on any atom is -0.464 e. The molecule has 0 aromatic heterocycles. The molecule has 2 unspecified atom stereocenters. The predicted molar refractivity (Wildman–Crippen MR) is 114 cm³/mol. The quantitative estimate of drug-likeness (QED) is 0.386. The molecule has 0 radical (unpaired) electrons. The van der Waals surface area contributed by atoms with Crippen molar-refractivity contribution < 1.29 is 33.8 Å². The molecule has 0 saturated carbocycles. The third-order valence-electron chi connectivity index (χ3n) is 6.36. The number of Topliss-reactive ketones (excluding diaryl/α,β-unsaturated/α-hetero) is 2. The molecule has 2 atom stereocenters. The Balaban J connectivity index is 1.76. The molecule has 32 heavy (non-hydrogen) atoms. The van der Waals surface area contributed by atoms with Crippen LogP contribution in [0, 0.1) is 0 Å². The third kappa shape index (κ3) is 3.50. The number of hydrogen-bond acceptors (Lipinski definition) is 7. The van der Waals surface area contributed by atoms with Gasteiger partial charge in [0.1, 0.15) is 11.3 Å². The molecule has 2 aliphatic heterocycles. The highest BCUT2D eigenvalue weighted by molar-refractivity contribution is 6.24. The fourth-order valence-electron chi connectivity index (χ4n) is 4.71. The Morgan fingerprint density at radius 2 is 1.94 bits per heavy atom. The topological polar surface area (TPSA) is 107 Å². The van der Waals surface area contributed by atoms with Crippen molar-refractivity contribution in [2.24, 2.45) is 0 Å². The Kier molecular flexibility index (Phi) is 5.63. The molecule has 0 saturated heterocycles. The zero-order valence-corrected chi connectivity index (χ0v) is 18.4. The highest BCUT2D eigenvalue weighted by Gasteiger charge is 2.54. The summed E-state index contributed by atoms with van der Waals surface area (Å²) in [7, 11) is 0. The molecule has 4 aliphatic rings. The first-order chi connectivity index (χ1) is 15.2. The second-order valence-electron chi connectivity index (χ2n) is 8.82. The van der Waals surface area contributed by atoms with Gasteiger partial charge in [-0.2, -0.15) is 0 Å². The summed E-state index contributed by atoms with van der Waals surface area (Å²) in [4.78, 5) is 51.0. The van der Waals surface area contributed by atoms with Gasteiger partial charge in [-0.05, 0) is 44.4 Å². The summed E-state index contributed by atoms with van der Waals surface area (Å²) in [5.74, 6) is -1.53. The second kappa shape index (κ2) is 8.13. The summed E-state index contributed by atoms with van der Waals surface area (Å²) in [6, 6.07) is 0. The lowest BCUT2D eigenvalue weighted by Gasteiger charge is -2.32. The van der Waals surface area contributed by atoms with Crippen LogP contribution in [0.3, 0.4) is 0 Å². The van der Waals surface area contributed by atoms with Crippen LogP contribution >= 0.6 is 0 Å². The molecule has 4 rings (SSSR count). The molecule has 2 aliphatic carbocycles. The van der Waals surface area contributed by atoms with Crippen molar-refractivity contribution in [3.63, 3.8) is 0 Å². The molecule has 1 N–H and O–H groups in total. The molecule has 0 aromatic rings. The van der Waals surface area contributed by atoms with Crippen molar-refractivity contribution in [2.75, 3.05) is 0 Å². The number of esters is 1. The summed E-state index contributed by atoms with van der Waals surface area (Å²) in [5.41, 5.74) is 0.545. The number of unbranched alkanes of at least 4 members (excludes halogenated alkanes) is 2. The fourth-order valence-corrected chi connectivity index (χ4v) is 4.71. The maximum Gasteiger partial charge on any atom is 0.343 e. The van der Waals surface area contributed by atoms with E-state index in [0.29, 0.717) is 35.1 Å². The molecule has 0 spiro atoms. The summed E-state index contributed by atoms with van der Waals surface area (Å²) >= 11 is 0. The first-order valence-corrected chi connectivity index (χ1v) is 11.0. The van der Waals surface area contributed by atoms with E-state index >= 15 is 0 Å². The van der Waals surface area contributed by atoms with Crippen LogP contribution in [0.2, 0.25) is 0 Å². The zero-order chi connectivity index (χ0) is 23.2. The van der Waals surface area contributed by atoms with Gasteiger partial charge in [-0.25, -0.2) is 4.79 Å². The third-order valence-corrected chi connectivity index (χ3v) is 6.36. The van der Waals surface area contributed by atoms with E-state index in [1.54, 1.807) is 13.0 Å². The van der Waals surface area contributed by atoms with Gasteiger partial charge < -0.3 is 14.6 Å². The van der Waals surface area contributed by atoms with Gasteiger partial charge in [0, 0.05) is 24.0 Å². The van der Waals surface area contributed by atoms with Crippen LogP contribution in [-0.2, 0) is 28.7 Å². The number of aliphatic hydroxyl groups excluding tert-OH is 1. The maximum absolute atomic E-state index is 13.0. The van der Waals surface area contributed by atoms with Crippen molar-refractivity contribution in [2.45, 2.75) is 71.0 Å². The van der Waals surface area contributed by atoms with Gasteiger partial charge in [0.15, 0.2) is 17.2 Å². The summed E-state index contributed by atoms with van der Waals surface area (Å²) in [6.07, 6.45) is 6.60. The van der Waals surface area contributed by atoms with Gasteiger partial charge in [-0.15, -0.1) is 0 Å². The number of allylic oxidation sites excluding steroid dienone is 3.